The topological polar surface area (TPSA) is 40.5 Å². The number of nitrogens with zero attached hydrogens (tertiary/aromatic N) is 1. The van der Waals surface area contributed by atoms with Crippen molar-refractivity contribution in [1.29, 1.82) is 0 Å². The minimum atomic E-state index is -0.735. The molecule has 124 valence electrons. The van der Waals surface area contributed by atoms with Gasteiger partial charge in [-0.2, -0.15) is 0 Å². The lowest BCUT2D eigenvalue weighted by Gasteiger charge is -2.27. The molecule has 22 heavy (non-hydrogen) atoms. The van der Waals surface area contributed by atoms with E-state index in [1.807, 2.05) is 6.92 Å². The Balaban J connectivity index is 3.40. The first-order chi connectivity index (χ1) is 10.2. The molecule has 1 aromatic carbocycles. The molecule has 1 N–H and O–H groups in total. The van der Waals surface area contributed by atoms with Gasteiger partial charge in [0.25, 0.3) is 0 Å². The SMILES string of the molecule is CCC(Sc1cc(C(C)C)c(N(C)C)c(C(C)C)c1)C(=O)O. The zero-order valence-corrected chi connectivity index (χ0v) is 15.6. The van der Waals surface area contributed by atoms with Gasteiger partial charge in [-0.3, -0.25) is 4.79 Å². The van der Waals surface area contributed by atoms with Crippen LogP contribution in [0.5, 0.6) is 0 Å². The van der Waals surface area contributed by atoms with Crippen molar-refractivity contribution in [2.45, 2.75) is 63.0 Å². The minimum Gasteiger partial charge on any atom is -0.480 e. The normalized spacial score (nSPS) is 12.8. The van der Waals surface area contributed by atoms with Gasteiger partial charge in [0, 0.05) is 24.7 Å². The summed E-state index contributed by atoms with van der Waals surface area (Å²) >= 11 is 1.46. The van der Waals surface area contributed by atoms with Crippen molar-refractivity contribution < 1.29 is 9.90 Å². The van der Waals surface area contributed by atoms with Gasteiger partial charge in [0.2, 0.25) is 0 Å². The van der Waals surface area contributed by atoms with Crippen molar-refractivity contribution in [3.63, 3.8) is 0 Å². The van der Waals surface area contributed by atoms with Crippen LogP contribution in [0.25, 0.3) is 0 Å². The number of aliphatic carboxylic acids is 1. The summed E-state index contributed by atoms with van der Waals surface area (Å²) in [4.78, 5) is 14.6. The van der Waals surface area contributed by atoms with Gasteiger partial charge in [-0.15, -0.1) is 11.8 Å². The van der Waals surface area contributed by atoms with E-state index < -0.39 is 5.97 Å². The maximum atomic E-state index is 11.3. The van der Waals surface area contributed by atoms with E-state index in [4.69, 9.17) is 0 Å². The van der Waals surface area contributed by atoms with E-state index in [1.54, 1.807) is 0 Å². The lowest BCUT2D eigenvalue weighted by molar-refractivity contribution is -0.136. The van der Waals surface area contributed by atoms with Crippen LogP contribution in [0.2, 0.25) is 0 Å². The number of rotatable bonds is 7. The molecule has 0 aliphatic heterocycles. The predicted molar refractivity (Wildman–Crippen MR) is 96.5 cm³/mol. The molecule has 0 radical (unpaired) electrons. The van der Waals surface area contributed by atoms with Crippen LogP contribution >= 0.6 is 11.8 Å². The van der Waals surface area contributed by atoms with Crippen LogP contribution in [-0.2, 0) is 4.79 Å². The van der Waals surface area contributed by atoms with E-state index in [-0.39, 0.29) is 5.25 Å². The quantitative estimate of drug-likeness (QED) is 0.720. The van der Waals surface area contributed by atoms with Gasteiger partial charge in [0.05, 0.1) is 0 Å². The second-order valence-corrected chi connectivity index (χ2v) is 7.78. The molecule has 0 saturated carbocycles. The number of hydrogen-bond donors (Lipinski definition) is 1. The highest BCUT2D eigenvalue weighted by Crippen LogP contribution is 2.39. The van der Waals surface area contributed by atoms with E-state index in [9.17, 15) is 9.90 Å². The molecule has 0 fully saturated rings. The fraction of sp³-hybridized carbons (Fsp3) is 0.611. The number of anilines is 1. The van der Waals surface area contributed by atoms with Crippen LogP contribution in [0.15, 0.2) is 17.0 Å². The zero-order valence-electron chi connectivity index (χ0n) is 14.8. The molecule has 1 aromatic rings. The Morgan fingerprint density at radius 2 is 1.59 bits per heavy atom. The number of hydrogen-bond acceptors (Lipinski definition) is 3. The van der Waals surface area contributed by atoms with Gasteiger partial charge in [0.1, 0.15) is 5.25 Å². The van der Waals surface area contributed by atoms with E-state index in [0.29, 0.717) is 18.3 Å². The first kappa shape index (κ1) is 18.9. The summed E-state index contributed by atoms with van der Waals surface area (Å²) < 4.78 is 0. The minimum absolute atomic E-state index is 0.384. The lowest BCUT2D eigenvalue weighted by atomic mass is 9.92. The highest BCUT2D eigenvalue weighted by molar-refractivity contribution is 8.00. The van der Waals surface area contributed by atoms with Crippen LogP contribution in [0.3, 0.4) is 0 Å². The van der Waals surface area contributed by atoms with E-state index in [2.05, 4.69) is 58.8 Å². The molecule has 0 heterocycles. The Morgan fingerprint density at radius 1 is 1.14 bits per heavy atom. The number of carbonyl (C=O) groups is 1. The van der Waals surface area contributed by atoms with Crippen LogP contribution in [0.4, 0.5) is 5.69 Å². The van der Waals surface area contributed by atoms with Crippen molar-refractivity contribution in [2.24, 2.45) is 0 Å². The summed E-state index contributed by atoms with van der Waals surface area (Å²) in [7, 11) is 4.15. The molecule has 0 aliphatic carbocycles. The van der Waals surface area contributed by atoms with Crippen LogP contribution in [0, 0.1) is 0 Å². The highest BCUT2D eigenvalue weighted by atomic mass is 32.2. The standard InChI is InChI=1S/C18H29NO2S/c1-8-16(18(20)21)22-13-9-14(11(2)3)17(19(6)7)15(10-13)12(4)5/h9-12,16H,8H2,1-7H3,(H,20,21). The van der Waals surface area contributed by atoms with Crippen LogP contribution in [0.1, 0.15) is 64.0 Å². The Kier molecular flexibility index (Phi) is 6.79. The Morgan fingerprint density at radius 3 is 1.86 bits per heavy atom. The summed E-state index contributed by atoms with van der Waals surface area (Å²) in [6.45, 7) is 10.7. The highest BCUT2D eigenvalue weighted by Gasteiger charge is 2.21. The maximum absolute atomic E-state index is 11.3. The Hall–Kier alpha value is -1.16. The summed E-state index contributed by atoms with van der Waals surface area (Å²) in [6.07, 6.45) is 0.628. The molecule has 4 heteroatoms. The average Bonchev–Trinajstić information content (AvgIpc) is 2.42. The lowest BCUT2D eigenvalue weighted by Crippen LogP contribution is -2.17. The maximum Gasteiger partial charge on any atom is 0.316 e. The van der Waals surface area contributed by atoms with Gasteiger partial charge in [-0.25, -0.2) is 0 Å². The molecular weight excluding hydrogens is 294 g/mol. The third-order valence-corrected chi connectivity index (χ3v) is 5.09. The molecule has 0 aliphatic rings. The van der Waals surface area contributed by atoms with Crippen molar-refractivity contribution in [3.8, 4) is 0 Å². The Bertz CT molecular complexity index is 495. The Labute approximate surface area is 139 Å². The first-order valence-corrected chi connectivity index (χ1v) is 8.81. The summed E-state index contributed by atoms with van der Waals surface area (Å²) in [5.74, 6) is 0.0714. The van der Waals surface area contributed by atoms with Gasteiger partial charge in [-0.05, 0) is 41.5 Å². The molecule has 0 saturated heterocycles. The van der Waals surface area contributed by atoms with E-state index in [0.717, 1.165) is 4.90 Å². The van der Waals surface area contributed by atoms with Crippen molar-refractivity contribution in [3.05, 3.63) is 23.3 Å². The number of benzene rings is 1. The molecule has 0 amide bonds. The van der Waals surface area contributed by atoms with Crippen molar-refractivity contribution in [1.82, 2.24) is 0 Å². The molecule has 1 atom stereocenters. The third-order valence-electron chi connectivity index (χ3n) is 3.76. The van der Waals surface area contributed by atoms with Crippen LogP contribution < -0.4 is 4.90 Å². The van der Waals surface area contributed by atoms with Crippen molar-refractivity contribution in [2.75, 3.05) is 19.0 Å². The monoisotopic (exact) mass is 323 g/mol. The third kappa shape index (κ3) is 4.42. The fourth-order valence-corrected chi connectivity index (χ4v) is 3.57. The van der Waals surface area contributed by atoms with Crippen molar-refractivity contribution >= 4 is 23.4 Å². The molecular formula is C18H29NO2S. The van der Waals surface area contributed by atoms with Gasteiger partial charge in [-0.1, -0.05) is 34.6 Å². The summed E-state index contributed by atoms with van der Waals surface area (Å²) in [5.41, 5.74) is 3.86. The molecule has 3 nitrogen and oxygen atoms in total. The molecule has 0 aromatic heterocycles. The van der Waals surface area contributed by atoms with Gasteiger partial charge < -0.3 is 10.0 Å². The smallest absolute Gasteiger partial charge is 0.316 e. The molecule has 0 spiro atoms. The van der Waals surface area contributed by atoms with E-state index in [1.165, 1.54) is 28.6 Å². The second kappa shape index (κ2) is 7.91. The average molecular weight is 324 g/mol. The predicted octanol–water partition coefficient (Wildman–Crippen LogP) is 4.95. The molecule has 0 bridgehead atoms. The van der Waals surface area contributed by atoms with E-state index >= 15 is 0 Å². The molecule has 1 rings (SSSR count). The number of carboxylic acids is 1. The van der Waals surface area contributed by atoms with Gasteiger partial charge >= 0.3 is 5.97 Å². The second-order valence-electron chi connectivity index (χ2n) is 6.51. The molecule has 1 unspecified atom stereocenters. The number of carboxylic acid groups (broad SMARTS) is 1. The van der Waals surface area contributed by atoms with Gasteiger partial charge in [0.15, 0.2) is 0 Å². The zero-order chi connectivity index (χ0) is 17.0. The largest absolute Gasteiger partial charge is 0.480 e. The summed E-state index contributed by atoms with van der Waals surface area (Å²) in [6, 6.07) is 4.34. The number of thioether (sulfide) groups is 1. The first-order valence-electron chi connectivity index (χ1n) is 7.93. The van der Waals surface area contributed by atoms with Crippen LogP contribution in [-0.4, -0.2) is 30.4 Å². The summed E-state index contributed by atoms with van der Waals surface area (Å²) in [5, 5.41) is 8.92. The fourth-order valence-electron chi connectivity index (χ4n) is 2.59.